The number of halogens is 4. The average Bonchev–Trinajstić information content (AvgIpc) is 2.47. The zero-order valence-corrected chi connectivity index (χ0v) is 13.3. The zero-order valence-electron chi connectivity index (χ0n) is 13.3. The van der Waals surface area contributed by atoms with E-state index < -0.39 is 29.0 Å². The van der Waals surface area contributed by atoms with Crippen molar-refractivity contribution in [1.82, 2.24) is 10.2 Å². The average molecular weight is 334 g/mol. The van der Waals surface area contributed by atoms with Crippen molar-refractivity contribution in [1.29, 1.82) is 0 Å². The van der Waals surface area contributed by atoms with E-state index in [1.807, 2.05) is 4.90 Å². The summed E-state index contributed by atoms with van der Waals surface area (Å²) in [6, 6.07) is 2.14. The molecule has 0 aromatic heterocycles. The summed E-state index contributed by atoms with van der Waals surface area (Å²) in [7, 11) is 0. The van der Waals surface area contributed by atoms with Gasteiger partial charge >= 0.3 is 6.18 Å². The van der Waals surface area contributed by atoms with E-state index in [9.17, 15) is 22.7 Å². The fraction of sp³-hybridized carbons (Fsp3) is 0.625. The van der Waals surface area contributed by atoms with Gasteiger partial charge in [-0.15, -0.1) is 0 Å². The number of piperazine rings is 1. The van der Waals surface area contributed by atoms with E-state index in [2.05, 4.69) is 5.32 Å². The van der Waals surface area contributed by atoms with Gasteiger partial charge in [0.2, 0.25) is 0 Å². The minimum absolute atomic E-state index is 0.209. The van der Waals surface area contributed by atoms with Crippen molar-refractivity contribution >= 4 is 0 Å². The second kappa shape index (κ2) is 6.75. The van der Waals surface area contributed by atoms with Crippen LogP contribution in [-0.2, 0) is 6.18 Å². The third-order valence-electron chi connectivity index (χ3n) is 4.23. The maximum absolute atomic E-state index is 13.8. The fourth-order valence-electron chi connectivity index (χ4n) is 3.12. The lowest BCUT2D eigenvalue weighted by molar-refractivity contribution is -0.137. The predicted molar refractivity (Wildman–Crippen MR) is 79.5 cm³/mol. The number of nitrogens with one attached hydrogen (secondary N) is 1. The highest BCUT2D eigenvalue weighted by Gasteiger charge is 2.38. The van der Waals surface area contributed by atoms with Crippen LogP contribution in [0.15, 0.2) is 18.2 Å². The summed E-state index contributed by atoms with van der Waals surface area (Å²) >= 11 is 0. The minimum Gasteiger partial charge on any atom is -0.396 e. The Morgan fingerprint density at radius 1 is 1.17 bits per heavy atom. The quantitative estimate of drug-likeness (QED) is 0.831. The molecule has 0 spiro atoms. The Bertz CT molecular complexity index is 539. The maximum Gasteiger partial charge on any atom is 0.416 e. The summed E-state index contributed by atoms with van der Waals surface area (Å²) in [5.74, 6) is -0.913. The third-order valence-corrected chi connectivity index (χ3v) is 4.23. The Morgan fingerprint density at radius 2 is 1.78 bits per heavy atom. The van der Waals surface area contributed by atoms with Crippen LogP contribution < -0.4 is 5.32 Å². The monoisotopic (exact) mass is 334 g/mol. The van der Waals surface area contributed by atoms with E-state index in [0.29, 0.717) is 32.2 Å². The molecule has 0 aliphatic carbocycles. The Kier molecular flexibility index (Phi) is 5.33. The lowest BCUT2D eigenvalue weighted by Gasteiger charge is -2.43. The summed E-state index contributed by atoms with van der Waals surface area (Å²) in [6.07, 6.45) is -4.60. The number of aliphatic hydroxyl groups is 1. The summed E-state index contributed by atoms with van der Waals surface area (Å²) in [4.78, 5) is 2.00. The SMILES string of the molecule is CC(C)(CO)[C@@H](c1cc(F)cc(C(F)(F)F)c1)N1CCNCC1. The Morgan fingerprint density at radius 3 is 2.30 bits per heavy atom. The number of nitrogens with zero attached hydrogens (tertiary/aromatic N) is 1. The highest BCUT2D eigenvalue weighted by Crippen LogP contribution is 2.40. The summed E-state index contributed by atoms with van der Waals surface area (Å²) < 4.78 is 52.8. The van der Waals surface area contributed by atoms with Crippen LogP contribution in [-0.4, -0.2) is 42.8 Å². The number of alkyl halides is 3. The molecule has 0 radical (unpaired) electrons. The first-order valence-electron chi connectivity index (χ1n) is 7.58. The molecular formula is C16H22F4N2O. The first-order chi connectivity index (χ1) is 10.6. The van der Waals surface area contributed by atoms with Gasteiger partial charge in [-0.1, -0.05) is 13.8 Å². The van der Waals surface area contributed by atoms with Crippen LogP contribution in [0.5, 0.6) is 0 Å². The molecule has 0 unspecified atom stereocenters. The number of aliphatic hydroxyl groups excluding tert-OH is 1. The van der Waals surface area contributed by atoms with Crippen LogP contribution in [0.3, 0.4) is 0 Å². The molecule has 1 aliphatic heterocycles. The van der Waals surface area contributed by atoms with Crippen LogP contribution >= 0.6 is 0 Å². The molecule has 2 N–H and O–H groups in total. The van der Waals surface area contributed by atoms with Crippen LogP contribution in [0.4, 0.5) is 17.6 Å². The molecule has 2 rings (SSSR count). The first kappa shape index (κ1) is 18.2. The van der Waals surface area contributed by atoms with Gasteiger partial charge in [-0.3, -0.25) is 4.90 Å². The van der Waals surface area contributed by atoms with Crippen LogP contribution in [0.1, 0.15) is 31.0 Å². The van der Waals surface area contributed by atoms with E-state index in [1.54, 1.807) is 13.8 Å². The van der Waals surface area contributed by atoms with Crippen molar-refractivity contribution in [3.63, 3.8) is 0 Å². The van der Waals surface area contributed by atoms with Gasteiger partial charge in [-0.05, 0) is 23.8 Å². The van der Waals surface area contributed by atoms with Gasteiger partial charge in [-0.2, -0.15) is 13.2 Å². The number of rotatable bonds is 4. The molecule has 7 heteroatoms. The van der Waals surface area contributed by atoms with Gasteiger partial charge in [-0.25, -0.2) is 4.39 Å². The topological polar surface area (TPSA) is 35.5 Å². The van der Waals surface area contributed by atoms with E-state index in [4.69, 9.17) is 0 Å². The van der Waals surface area contributed by atoms with Crippen molar-refractivity contribution in [2.75, 3.05) is 32.8 Å². The lowest BCUT2D eigenvalue weighted by Crippen LogP contribution is -2.49. The largest absolute Gasteiger partial charge is 0.416 e. The molecule has 1 aliphatic rings. The molecule has 1 atom stereocenters. The van der Waals surface area contributed by atoms with Gasteiger partial charge in [0.25, 0.3) is 0 Å². The molecule has 3 nitrogen and oxygen atoms in total. The summed E-state index contributed by atoms with van der Waals surface area (Å²) in [6.45, 7) is 6.02. The molecule has 1 fully saturated rings. The molecule has 23 heavy (non-hydrogen) atoms. The van der Waals surface area contributed by atoms with Gasteiger partial charge in [0.1, 0.15) is 5.82 Å². The molecular weight excluding hydrogens is 312 g/mol. The summed E-state index contributed by atoms with van der Waals surface area (Å²) in [5, 5.41) is 12.9. The van der Waals surface area contributed by atoms with Crippen LogP contribution in [0.2, 0.25) is 0 Å². The standard InChI is InChI=1S/C16H22F4N2O/c1-15(2,10-23)14(22-5-3-21-4-6-22)11-7-12(16(18,19)20)9-13(17)8-11/h7-9,14,21,23H,3-6,10H2,1-2H3/t14-/m1/s1. The third kappa shape index (κ3) is 4.22. The number of hydrogen-bond acceptors (Lipinski definition) is 3. The lowest BCUT2D eigenvalue weighted by atomic mass is 9.79. The predicted octanol–water partition coefficient (Wildman–Crippen LogP) is 2.81. The maximum atomic E-state index is 13.8. The van der Waals surface area contributed by atoms with E-state index in [0.717, 1.165) is 12.1 Å². The Hall–Kier alpha value is -1.18. The second-order valence-corrected chi connectivity index (χ2v) is 6.61. The molecule has 0 amide bonds. The number of hydrogen-bond donors (Lipinski definition) is 2. The Balaban J connectivity index is 2.48. The smallest absolute Gasteiger partial charge is 0.396 e. The Labute approximate surface area is 133 Å². The van der Waals surface area contributed by atoms with E-state index in [-0.39, 0.29) is 12.2 Å². The normalized spacial score (nSPS) is 18.9. The first-order valence-corrected chi connectivity index (χ1v) is 7.58. The minimum atomic E-state index is -4.60. The van der Waals surface area contributed by atoms with Crippen molar-refractivity contribution < 1.29 is 22.7 Å². The number of benzene rings is 1. The van der Waals surface area contributed by atoms with Gasteiger partial charge in [0.05, 0.1) is 5.56 Å². The van der Waals surface area contributed by atoms with Gasteiger partial charge < -0.3 is 10.4 Å². The van der Waals surface area contributed by atoms with E-state index >= 15 is 0 Å². The van der Waals surface area contributed by atoms with Gasteiger partial charge in [0.15, 0.2) is 0 Å². The highest BCUT2D eigenvalue weighted by molar-refractivity contribution is 5.30. The van der Waals surface area contributed by atoms with E-state index in [1.165, 1.54) is 0 Å². The molecule has 1 saturated heterocycles. The van der Waals surface area contributed by atoms with Crippen LogP contribution in [0.25, 0.3) is 0 Å². The molecule has 0 bridgehead atoms. The summed E-state index contributed by atoms with van der Waals surface area (Å²) in [5.41, 5.74) is -1.45. The van der Waals surface area contributed by atoms with Gasteiger partial charge in [0, 0.05) is 44.2 Å². The fourth-order valence-corrected chi connectivity index (χ4v) is 3.12. The second-order valence-electron chi connectivity index (χ2n) is 6.61. The van der Waals surface area contributed by atoms with Crippen molar-refractivity contribution in [3.8, 4) is 0 Å². The molecule has 1 aromatic carbocycles. The molecule has 1 aromatic rings. The molecule has 1 heterocycles. The molecule has 0 saturated carbocycles. The van der Waals surface area contributed by atoms with Crippen molar-refractivity contribution in [2.24, 2.45) is 5.41 Å². The van der Waals surface area contributed by atoms with Crippen molar-refractivity contribution in [3.05, 3.63) is 35.1 Å². The van der Waals surface area contributed by atoms with Crippen LogP contribution in [0, 0.1) is 11.2 Å². The van der Waals surface area contributed by atoms with Crippen molar-refractivity contribution in [2.45, 2.75) is 26.1 Å². The highest BCUT2D eigenvalue weighted by atomic mass is 19.4. The zero-order chi connectivity index (χ0) is 17.3. The molecule has 130 valence electrons.